The summed E-state index contributed by atoms with van der Waals surface area (Å²) in [5.74, 6) is 1.59. The third-order valence-electron chi connectivity index (χ3n) is 3.28. The van der Waals surface area contributed by atoms with Crippen LogP contribution in [0.5, 0.6) is 11.5 Å². The van der Waals surface area contributed by atoms with E-state index in [1.54, 1.807) is 11.3 Å². The summed E-state index contributed by atoms with van der Waals surface area (Å²) < 4.78 is 11.6. The van der Waals surface area contributed by atoms with Gasteiger partial charge in [-0.25, -0.2) is 0 Å². The molecule has 1 aromatic heterocycles. The lowest BCUT2D eigenvalue weighted by Crippen LogP contribution is -2.21. The Morgan fingerprint density at radius 1 is 1.14 bits per heavy atom. The van der Waals surface area contributed by atoms with Gasteiger partial charge in [-0.05, 0) is 48.9 Å². The standard InChI is InChI=1S/C17H23NO2S/c1-3-14(18)10-13-7-8-16(17(11-13)19-4-2)20-12-15-6-5-9-21-15/h5-9,11,14H,3-4,10,12,18H2,1-2H3. The van der Waals surface area contributed by atoms with E-state index >= 15 is 0 Å². The summed E-state index contributed by atoms with van der Waals surface area (Å²) in [7, 11) is 0. The largest absolute Gasteiger partial charge is 0.490 e. The van der Waals surface area contributed by atoms with Crippen molar-refractivity contribution >= 4 is 11.3 Å². The zero-order chi connectivity index (χ0) is 15.1. The molecular formula is C17H23NO2S. The van der Waals surface area contributed by atoms with Gasteiger partial charge in [-0.3, -0.25) is 0 Å². The molecular weight excluding hydrogens is 282 g/mol. The number of nitrogens with two attached hydrogens (primary N) is 1. The summed E-state index contributed by atoms with van der Waals surface area (Å²) in [4.78, 5) is 1.20. The van der Waals surface area contributed by atoms with Crippen LogP contribution in [0.4, 0.5) is 0 Å². The van der Waals surface area contributed by atoms with Crippen molar-refractivity contribution in [1.82, 2.24) is 0 Å². The Kier molecular flexibility index (Phi) is 6.08. The number of benzene rings is 1. The van der Waals surface area contributed by atoms with Crippen molar-refractivity contribution in [1.29, 1.82) is 0 Å². The Morgan fingerprint density at radius 3 is 2.67 bits per heavy atom. The first kappa shape index (κ1) is 15.9. The Balaban J connectivity index is 2.08. The molecule has 0 fully saturated rings. The third kappa shape index (κ3) is 4.76. The van der Waals surface area contributed by atoms with Gasteiger partial charge >= 0.3 is 0 Å². The number of hydrogen-bond acceptors (Lipinski definition) is 4. The van der Waals surface area contributed by atoms with E-state index in [0.717, 1.165) is 24.3 Å². The molecule has 2 rings (SSSR count). The summed E-state index contributed by atoms with van der Waals surface area (Å²) in [5, 5.41) is 2.05. The Hall–Kier alpha value is -1.52. The van der Waals surface area contributed by atoms with E-state index in [1.165, 1.54) is 10.4 Å². The molecule has 3 nitrogen and oxygen atoms in total. The minimum absolute atomic E-state index is 0.192. The number of hydrogen-bond donors (Lipinski definition) is 1. The van der Waals surface area contributed by atoms with Crippen LogP contribution in [0.1, 0.15) is 30.7 Å². The van der Waals surface area contributed by atoms with Gasteiger partial charge in [0.1, 0.15) is 6.61 Å². The quantitative estimate of drug-likeness (QED) is 0.801. The van der Waals surface area contributed by atoms with E-state index in [-0.39, 0.29) is 6.04 Å². The molecule has 0 aliphatic heterocycles. The van der Waals surface area contributed by atoms with Gasteiger partial charge in [0.05, 0.1) is 6.61 Å². The van der Waals surface area contributed by atoms with Crippen LogP contribution in [0.3, 0.4) is 0 Å². The van der Waals surface area contributed by atoms with E-state index in [0.29, 0.717) is 13.2 Å². The minimum atomic E-state index is 0.192. The second-order valence-electron chi connectivity index (χ2n) is 4.95. The third-order valence-corrected chi connectivity index (χ3v) is 4.13. The topological polar surface area (TPSA) is 44.5 Å². The van der Waals surface area contributed by atoms with Crippen molar-refractivity contribution in [2.75, 3.05) is 6.61 Å². The fraction of sp³-hybridized carbons (Fsp3) is 0.412. The van der Waals surface area contributed by atoms with Crippen LogP contribution in [-0.4, -0.2) is 12.6 Å². The van der Waals surface area contributed by atoms with Crippen molar-refractivity contribution in [3.05, 3.63) is 46.2 Å². The molecule has 0 saturated heterocycles. The monoisotopic (exact) mass is 305 g/mol. The molecule has 1 aromatic carbocycles. The molecule has 0 aliphatic carbocycles. The molecule has 0 aliphatic rings. The van der Waals surface area contributed by atoms with Gasteiger partial charge in [0, 0.05) is 10.9 Å². The lowest BCUT2D eigenvalue weighted by atomic mass is 10.0. The zero-order valence-corrected chi connectivity index (χ0v) is 13.5. The van der Waals surface area contributed by atoms with Crippen LogP contribution in [-0.2, 0) is 13.0 Å². The molecule has 21 heavy (non-hydrogen) atoms. The smallest absolute Gasteiger partial charge is 0.161 e. The van der Waals surface area contributed by atoms with Crippen LogP contribution in [0.25, 0.3) is 0 Å². The first-order valence-electron chi connectivity index (χ1n) is 7.39. The lowest BCUT2D eigenvalue weighted by molar-refractivity contribution is 0.271. The van der Waals surface area contributed by atoms with Crippen molar-refractivity contribution in [2.24, 2.45) is 5.73 Å². The Morgan fingerprint density at radius 2 is 2.00 bits per heavy atom. The van der Waals surface area contributed by atoms with Crippen molar-refractivity contribution in [3.8, 4) is 11.5 Å². The molecule has 0 radical (unpaired) electrons. The highest BCUT2D eigenvalue weighted by Gasteiger charge is 2.09. The van der Waals surface area contributed by atoms with Crippen LogP contribution in [0.15, 0.2) is 35.7 Å². The van der Waals surface area contributed by atoms with E-state index in [2.05, 4.69) is 24.4 Å². The van der Waals surface area contributed by atoms with E-state index in [1.807, 2.05) is 25.1 Å². The number of thiophene rings is 1. The van der Waals surface area contributed by atoms with Crippen LogP contribution in [0, 0.1) is 0 Å². The summed E-state index contributed by atoms with van der Waals surface area (Å²) >= 11 is 1.69. The highest BCUT2D eigenvalue weighted by molar-refractivity contribution is 7.09. The molecule has 0 amide bonds. The van der Waals surface area contributed by atoms with Crippen LogP contribution >= 0.6 is 11.3 Å². The maximum absolute atomic E-state index is 6.02. The molecule has 1 heterocycles. The summed E-state index contributed by atoms with van der Waals surface area (Å²) in [5.41, 5.74) is 7.21. The number of rotatable bonds is 8. The molecule has 1 atom stereocenters. The first-order valence-corrected chi connectivity index (χ1v) is 8.27. The molecule has 2 N–H and O–H groups in total. The second-order valence-corrected chi connectivity index (χ2v) is 5.99. The Labute approximate surface area is 130 Å². The van der Waals surface area contributed by atoms with Gasteiger partial charge in [-0.15, -0.1) is 11.3 Å². The number of ether oxygens (including phenoxy) is 2. The maximum atomic E-state index is 6.02. The summed E-state index contributed by atoms with van der Waals surface area (Å²) in [6.45, 7) is 5.28. The molecule has 2 aromatic rings. The molecule has 0 bridgehead atoms. The highest BCUT2D eigenvalue weighted by Crippen LogP contribution is 2.30. The van der Waals surface area contributed by atoms with Crippen molar-refractivity contribution in [2.45, 2.75) is 39.3 Å². The molecule has 0 spiro atoms. The van der Waals surface area contributed by atoms with Crippen molar-refractivity contribution in [3.63, 3.8) is 0 Å². The highest BCUT2D eigenvalue weighted by atomic mass is 32.1. The minimum Gasteiger partial charge on any atom is -0.490 e. The van der Waals surface area contributed by atoms with Gasteiger partial charge in [0.15, 0.2) is 11.5 Å². The summed E-state index contributed by atoms with van der Waals surface area (Å²) in [6.07, 6.45) is 1.84. The molecule has 0 saturated carbocycles. The second kappa shape index (κ2) is 8.05. The predicted octanol–water partition coefficient (Wildman–Crippen LogP) is 4.01. The normalized spacial score (nSPS) is 12.1. The average molecular weight is 305 g/mol. The molecule has 4 heteroatoms. The predicted molar refractivity (Wildman–Crippen MR) is 88.2 cm³/mol. The summed E-state index contributed by atoms with van der Waals surface area (Å²) in [6, 6.07) is 10.4. The van der Waals surface area contributed by atoms with Crippen LogP contribution in [0.2, 0.25) is 0 Å². The fourth-order valence-electron chi connectivity index (χ4n) is 2.06. The molecule has 114 valence electrons. The van der Waals surface area contributed by atoms with Crippen molar-refractivity contribution < 1.29 is 9.47 Å². The van der Waals surface area contributed by atoms with E-state index in [9.17, 15) is 0 Å². The SMILES string of the molecule is CCOc1cc(CC(N)CC)ccc1OCc1cccs1. The maximum Gasteiger partial charge on any atom is 0.161 e. The van der Waals surface area contributed by atoms with E-state index in [4.69, 9.17) is 15.2 Å². The molecule has 1 unspecified atom stereocenters. The first-order chi connectivity index (χ1) is 10.2. The Bertz CT molecular complexity index is 540. The fourth-order valence-corrected chi connectivity index (χ4v) is 2.67. The average Bonchev–Trinajstić information content (AvgIpc) is 3.00. The van der Waals surface area contributed by atoms with Gasteiger partial charge in [-0.1, -0.05) is 19.1 Å². The van der Waals surface area contributed by atoms with Gasteiger partial charge in [0.2, 0.25) is 0 Å². The lowest BCUT2D eigenvalue weighted by Gasteiger charge is -2.14. The van der Waals surface area contributed by atoms with Gasteiger partial charge in [-0.2, -0.15) is 0 Å². The zero-order valence-electron chi connectivity index (χ0n) is 12.7. The van der Waals surface area contributed by atoms with Crippen LogP contribution < -0.4 is 15.2 Å². The van der Waals surface area contributed by atoms with E-state index < -0.39 is 0 Å². The van der Waals surface area contributed by atoms with Gasteiger partial charge < -0.3 is 15.2 Å². The van der Waals surface area contributed by atoms with Gasteiger partial charge in [0.25, 0.3) is 0 Å².